The van der Waals surface area contributed by atoms with Gasteiger partial charge < -0.3 is 24.3 Å². The molecule has 1 spiro atoms. The largest absolute Gasteiger partial charge is 0.490 e. The molecule has 37 heavy (non-hydrogen) atoms. The minimum Gasteiger partial charge on any atom is -0.475 e. The molecule has 0 aromatic carbocycles. The molecule has 2 atom stereocenters. The normalized spacial score (nSPS) is 24.4. The summed E-state index contributed by atoms with van der Waals surface area (Å²) in [5.74, 6) is -1.72. The minimum atomic E-state index is -5.08. The Bertz CT molecular complexity index is 877. The van der Waals surface area contributed by atoms with Crippen LogP contribution in [-0.2, 0) is 20.9 Å². The molecule has 2 N–H and O–H groups in total. The number of methoxy groups -OCH3 is 1. The number of rotatable bonds is 6. The zero-order valence-electron chi connectivity index (χ0n) is 20.6. The summed E-state index contributed by atoms with van der Waals surface area (Å²) in [5, 5.41) is 14.2. The third kappa shape index (κ3) is 9.82. The lowest BCUT2D eigenvalue weighted by Crippen LogP contribution is -2.36. The maximum Gasteiger partial charge on any atom is 0.490 e. The highest BCUT2D eigenvalue weighted by molar-refractivity contribution is 5.73. The number of hydrogen-bond acceptors (Lipinski definition) is 6. The van der Waals surface area contributed by atoms with Crippen molar-refractivity contribution in [1.29, 1.82) is 0 Å². The van der Waals surface area contributed by atoms with Gasteiger partial charge in [0.2, 0.25) is 0 Å². The first-order valence-electron chi connectivity index (χ1n) is 11.6. The average molecular weight is 547 g/mol. The van der Waals surface area contributed by atoms with Gasteiger partial charge in [0.25, 0.3) is 0 Å². The Morgan fingerprint density at radius 2 is 1.59 bits per heavy atom. The Balaban J connectivity index is 0.000000286. The number of alkyl halides is 6. The smallest absolute Gasteiger partial charge is 0.475 e. The second-order valence-corrected chi connectivity index (χ2v) is 9.73. The van der Waals surface area contributed by atoms with E-state index in [4.69, 9.17) is 29.0 Å². The molecule has 3 fully saturated rings. The van der Waals surface area contributed by atoms with Crippen LogP contribution in [0.2, 0.25) is 0 Å². The topological polar surface area (TPSA) is 103 Å². The summed E-state index contributed by atoms with van der Waals surface area (Å²) < 4.78 is 74.8. The molecule has 1 saturated carbocycles. The van der Waals surface area contributed by atoms with E-state index in [0.717, 1.165) is 30.6 Å². The van der Waals surface area contributed by atoms with Crippen LogP contribution < -0.4 is 0 Å². The highest BCUT2D eigenvalue weighted by Crippen LogP contribution is 2.45. The molecule has 4 rings (SSSR count). The van der Waals surface area contributed by atoms with Crippen molar-refractivity contribution < 1.29 is 55.3 Å². The minimum absolute atomic E-state index is 0.437. The van der Waals surface area contributed by atoms with Crippen LogP contribution in [0.25, 0.3) is 0 Å². The van der Waals surface area contributed by atoms with Gasteiger partial charge in [0.15, 0.2) is 0 Å². The van der Waals surface area contributed by atoms with Crippen LogP contribution in [0.5, 0.6) is 0 Å². The third-order valence-electron chi connectivity index (χ3n) is 6.59. The van der Waals surface area contributed by atoms with E-state index in [1.165, 1.54) is 52.0 Å². The van der Waals surface area contributed by atoms with Crippen molar-refractivity contribution in [2.24, 2.45) is 17.3 Å². The predicted molar refractivity (Wildman–Crippen MR) is 118 cm³/mol. The number of carboxylic acids is 2. The Morgan fingerprint density at radius 1 is 1.05 bits per heavy atom. The maximum atomic E-state index is 10.6. The first-order chi connectivity index (χ1) is 17.1. The van der Waals surface area contributed by atoms with Gasteiger partial charge in [-0.3, -0.25) is 4.90 Å². The molecule has 2 aliphatic heterocycles. The van der Waals surface area contributed by atoms with Crippen LogP contribution >= 0.6 is 0 Å². The molecule has 14 heteroatoms. The van der Waals surface area contributed by atoms with Crippen molar-refractivity contribution in [2.75, 3.05) is 46.4 Å². The van der Waals surface area contributed by atoms with Crippen LogP contribution in [0.3, 0.4) is 0 Å². The van der Waals surface area contributed by atoms with E-state index in [2.05, 4.69) is 21.9 Å². The van der Waals surface area contributed by atoms with E-state index in [0.29, 0.717) is 11.3 Å². The number of likely N-dealkylation sites (tertiary alicyclic amines) is 2. The fourth-order valence-electron chi connectivity index (χ4n) is 4.75. The number of carboxylic acid groups (broad SMARTS) is 2. The number of halogens is 6. The Hall–Kier alpha value is -2.32. The quantitative estimate of drug-likeness (QED) is 0.516. The number of nitrogens with zero attached hydrogens (tertiary/aromatic N) is 2. The van der Waals surface area contributed by atoms with Crippen LogP contribution in [0.1, 0.15) is 30.8 Å². The number of hydrogen-bond donors (Lipinski definition) is 2. The van der Waals surface area contributed by atoms with E-state index in [9.17, 15) is 26.3 Å². The van der Waals surface area contributed by atoms with Gasteiger partial charge in [-0.05, 0) is 50.8 Å². The molecule has 1 aromatic heterocycles. The van der Waals surface area contributed by atoms with E-state index in [-0.39, 0.29) is 0 Å². The number of aliphatic carboxylic acids is 2. The van der Waals surface area contributed by atoms with Crippen molar-refractivity contribution in [1.82, 2.24) is 9.80 Å². The number of ether oxygens (including phenoxy) is 1. The summed E-state index contributed by atoms with van der Waals surface area (Å²) in [5.41, 5.74) is 0.437. The van der Waals surface area contributed by atoms with E-state index in [1.807, 2.05) is 14.0 Å². The molecule has 0 bridgehead atoms. The summed E-state index contributed by atoms with van der Waals surface area (Å²) in [4.78, 5) is 23.1. The van der Waals surface area contributed by atoms with Gasteiger partial charge in [-0.25, -0.2) is 9.59 Å². The third-order valence-corrected chi connectivity index (χ3v) is 6.59. The lowest BCUT2D eigenvalue weighted by Gasteiger charge is -2.30. The molecule has 3 heterocycles. The van der Waals surface area contributed by atoms with E-state index >= 15 is 0 Å². The second-order valence-electron chi connectivity index (χ2n) is 9.73. The fourth-order valence-corrected chi connectivity index (χ4v) is 4.75. The zero-order valence-corrected chi connectivity index (χ0v) is 20.6. The van der Waals surface area contributed by atoms with Crippen molar-refractivity contribution in [3.8, 4) is 0 Å². The summed E-state index contributed by atoms with van der Waals surface area (Å²) >= 11 is 0. The van der Waals surface area contributed by atoms with Crippen LogP contribution in [0, 0.1) is 24.2 Å². The van der Waals surface area contributed by atoms with Gasteiger partial charge in [-0.15, -0.1) is 0 Å². The van der Waals surface area contributed by atoms with Gasteiger partial charge in [-0.1, -0.05) is 0 Å². The van der Waals surface area contributed by atoms with E-state index < -0.39 is 24.3 Å². The molecule has 0 amide bonds. The molecular formula is C23H32F6N2O6. The van der Waals surface area contributed by atoms with Crippen molar-refractivity contribution in [3.63, 3.8) is 0 Å². The molecular weight excluding hydrogens is 514 g/mol. The number of carbonyl (C=O) groups is 2. The van der Waals surface area contributed by atoms with Crippen molar-refractivity contribution in [3.05, 3.63) is 23.7 Å². The standard InChI is InChI=1S/C19H30N2O2.2C2HF3O2/c1-15-3-6-18(23-15)11-20-8-7-19(13-20)14-21(9-16-4-5-16)10-17(19)12-22-2;2*3-2(4,5)1(6)7/h3,6,16-17H,4-5,7-14H2,1-2H3;2*(H,6,7)/t17-,19+;;/m1../s1. The highest BCUT2D eigenvalue weighted by Gasteiger charge is 2.50. The Morgan fingerprint density at radius 3 is 2.03 bits per heavy atom. The molecule has 0 unspecified atom stereocenters. The lowest BCUT2D eigenvalue weighted by atomic mass is 9.77. The van der Waals surface area contributed by atoms with Gasteiger partial charge in [-0.2, -0.15) is 26.3 Å². The van der Waals surface area contributed by atoms with Crippen LogP contribution in [0.15, 0.2) is 16.5 Å². The highest BCUT2D eigenvalue weighted by atomic mass is 19.4. The molecule has 1 aliphatic carbocycles. The monoisotopic (exact) mass is 546 g/mol. The molecule has 2 saturated heterocycles. The van der Waals surface area contributed by atoms with Gasteiger partial charge in [0.05, 0.1) is 13.2 Å². The fraction of sp³-hybridized carbons (Fsp3) is 0.739. The molecule has 0 radical (unpaired) electrons. The first kappa shape index (κ1) is 30.9. The van der Waals surface area contributed by atoms with Gasteiger partial charge in [0, 0.05) is 44.6 Å². The zero-order chi connectivity index (χ0) is 28.0. The Kier molecular flexibility index (Phi) is 10.4. The molecule has 212 valence electrons. The molecule has 1 aromatic rings. The number of furan rings is 1. The Labute approximate surface area is 210 Å². The summed E-state index contributed by atoms with van der Waals surface area (Å²) in [6.45, 7) is 10.1. The molecule has 3 aliphatic rings. The summed E-state index contributed by atoms with van der Waals surface area (Å²) in [6, 6.07) is 4.20. The number of aryl methyl sites for hydroxylation is 1. The van der Waals surface area contributed by atoms with Crippen molar-refractivity contribution >= 4 is 11.9 Å². The second kappa shape index (κ2) is 12.5. The maximum absolute atomic E-state index is 10.6. The predicted octanol–water partition coefficient (Wildman–Crippen LogP) is 4.03. The van der Waals surface area contributed by atoms with Gasteiger partial charge in [0.1, 0.15) is 11.5 Å². The van der Waals surface area contributed by atoms with Gasteiger partial charge >= 0.3 is 24.3 Å². The van der Waals surface area contributed by atoms with Crippen molar-refractivity contribution in [2.45, 2.75) is 45.1 Å². The molecule has 8 nitrogen and oxygen atoms in total. The van der Waals surface area contributed by atoms with Crippen LogP contribution in [-0.4, -0.2) is 90.7 Å². The summed E-state index contributed by atoms with van der Waals surface area (Å²) in [7, 11) is 1.86. The van der Waals surface area contributed by atoms with E-state index in [1.54, 1.807) is 0 Å². The average Bonchev–Trinajstić information content (AvgIpc) is 3.19. The lowest BCUT2D eigenvalue weighted by molar-refractivity contribution is -0.193. The van der Waals surface area contributed by atoms with Crippen LogP contribution in [0.4, 0.5) is 26.3 Å². The first-order valence-corrected chi connectivity index (χ1v) is 11.6. The SMILES string of the molecule is COC[C@H]1CN(CC2CC2)C[C@@]12CCN(Cc1ccc(C)o1)C2.O=C(O)C(F)(F)F.O=C(O)C(F)(F)F. The summed E-state index contributed by atoms with van der Waals surface area (Å²) in [6.07, 6.45) is -5.97.